The van der Waals surface area contributed by atoms with Gasteiger partial charge in [0.1, 0.15) is 5.75 Å². The summed E-state index contributed by atoms with van der Waals surface area (Å²) in [5.41, 5.74) is 5.60. The SMILES string of the molecule is COC(=O)c1ccc(OC)c(NC(N)=O)c1.[HH].[HH]. The number of benzene rings is 1. The van der Waals surface area contributed by atoms with Crippen LogP contribution in [-0.4, -0.2) is 26.2 Å². The molecule has 6 nitrogen and oxygen atoms in total. The first-order valence-electron chi connectivity index (χ1n) is 4.41. The number of rotatable bonds is 3. The van der Waals surface area contributed by atoms with Crippen LogP contribution < -0.4 is 15.8 Å². The van der Waals surface area contributed by atoms with E-state index < -0.39 is 12.0 Å². The Morgan fingerprint density at radius 2 is 2.06 bits per heavy atom. The molecular formula is C10H16N2O4. The Kier molecular flexibility index (Phi) is 3.71. The lowest BCUT2D eigenvalue weighted by atomic mass is 10.2. The van der Waals surface area contributed by atoms with Crippen LogP contribution in [0.25, 0.3) is 0 Å². The van der Waals surface area contributed by atoms with E-state index >= 15 is 0 Å². The number of esters is 1. The lowest BCUT2D eigenvalue weighted by Crippen LogP contribution is -2.20. The molecule has 3 N–H and O–H groups in total. The van der Waals surface area contributed by atoms with Crippen molar-refractivity contribution in [2.24, 2.45) is 5.73 Å². The molecule has 0 aliphatic carbocycles. The standard InChI is InChI=1S/C10H12N2O4.2H2/c1-15-8-4-3-6(9(13)16-2)5-7(8)12-10(11)14;;/h3-5H,1-2H3,(H3,11,12,14);2*1H. The Morgan fingerprint density at radius 3 is 2.56 bits per heavy atom. The predicted octanol–water partition coefficient (Wildman–Crippen LogP) is 1.46. The number of urea groups is 1. The van der Waals surface area contributed by atoms with Gasteiger partial charge >= 0.3 is 12.0 Å². The summed E-state index contributed by atoms with van der Waals surface area (Å²) in [6.07, 6.45) is 0. The Labute approximate surface area is 95.3 Å². The average molecular weight is 228 g/mol. The van der Waals surface area contributed by atoms with Gasteiger partial charge in [-0.3, -0.25) is 0 Å². The molecule has 0 unspecified atom stereocenters. The van der Waals surface area contributed by atoms with E-state index in [1.165, 1.54) is 32.4 Å². The van der Waals surface area contributed by atoms with E-state index in [0.29, 0.717) is 17.0 Å². The van der Waals surface area contributed by atoms with Crippen LogP contribution in [0.4, 0.5) is 10.5 Å². The molecule has 16 heavy (non-hydrogen) atoms. The lowest BCUT2D eigenvalue weighted by molar-refractivity contribution is 0.0600. The van der Waals surface area contributed by atoms with Crippen molar-refractivity contribution in [2.75, 3.05) is 19.5 Å². The van der Waals surface area contributed by atoms with Crippen molar-refractivity contribution < 1.29 is 21.9 Å². The van der Waals surface area contributed by atoms with Crippen molar-refractivity contribution in [3.05, 3.63) is 23.8 Å². The number of nitrogens with two attached hydrogens (primary N) is 1. The molecule has 0 radical (unpaired) electrons. The maximum absolute atomic E-state index is 11.2. The van der Waals surface area contributed by atoms with E-state index in [4.69, 9.17) is 10.5 Å². The van der Waals surface area contributed by atoms with E-state index in [1.54, 1.807) is 0 Å². The van der Waals surface area contributed by atoms with Gasteiger partial charge in [0.2, 0.25) is 0 Å². The minimum absolute atomic E-state index is 0. The molecular weight excluding hydrogens is 212 g/mol. The monoisotopic (exact) mass is 228 g/mol. The van der Waals surface area contributed by atoms with Gasteiger partial charge in [0.05, 0.1) is 25.5 Å². The average Bonchev–Trinajstić information content (AvgIpc) is 2.27. The fourth-order valence-electron chi connectivity index (χ4n) is 1.18. The minimum atomic E-state index is -0.736. The van der Waals surface area contributed by atoms with Gasteiger partial charge in [0.15, 0.2) is 0 Å². The highest BCUT2D eigenvalue weighted by Gasteiger charge is 2.11. The van der Waals surface area contributed by atoms with E-state index in [9.17, 15) is 9.59 Å². The van der Waals surface area contributed by atoms with Crippen molar-refractivity contribution in [1.29, 1.82) is 0 Å². The van der Waals surface area contributed by atoms with Crippen molar-refractivity contribution in [3.63, 3.8) is 0 Å². The predicted molar refractivity (Wildman–Crippen MR) is 61.8 cm³/mol. The van der Waals surface area contributed by atoms with Gasteiger partial charge in [-0.25, -0.2) is 9.59 Å². The Morgan fingerprint density at radius 1 is 1.38 bits per heavy atom. The van der Waals surface area contributed by atoms with Crippen molar-refractivity contribution in [2.45, 2.75) is 0 Å². The number of amides is 2. The molecule has 0 heterocycles. The van der Waals surface area contributed by atoms with E-state index in [2.05, 4.69) is 10.1 Å². The van der Waals surface area contributed by atoms with Crippen LogP contribution >= 0.6 is 0 Å². The first-order valence-corrected chi connectivity index (χ1v) is 4.41. The van der Waals surface area contributed by atoms with E-state index in [0.717, 1.165) is 0 Å². The van der Waals surface area contributed by atoms with Gasteiger partial charge in [-0.05, 0) is 18.2 Å². The highest BCUT2D eigenvalue weighted by Crippen LogP contribution is 2.25. The molecule has 0 aromatic heterocycles. The Hall–Kier alpha value is -2.24. The fourth-order valence-corrected chi connectivity index (χ4v) is 1.18. The second-order valence-electron chi connectivity index (χ2n) is 2.90. The highest BCUT2D eigenvalue weighted by molar-refractivity contribution is 5.94. The van der Waals surface area contributed by atoms with Crippen LogP contribution in [0, 0.1) is 0 Å². The molecule has 0 bridgehead atoms. The number of methoxy groups -OCH3 is 2. The number of ether oxygens (including phenoxy) is 2. The number of anilines is 1. The van der Waals surface area contributed by atoms with Gasteiger partial charge in [-0.1, -0.05) is 0 Å². The summed E-state index contributed by atoms with van der Waals surface area (Å²) < 4.78 is 9.54. The first kappa shape index (κ1) is 11.8. The van der Waals surface area contributed by atoms with Crippen LogP contribution in [0.1, 0.15) is 13.2 Å². The lowest BCUT2D eigenvalue weighted by Gasteiger charge is -2.09. The Bertz CT molecular complexity index is 426. The number of hydrogen-bond donors (Lipinski definition) is 2. The molecule has 0 aliphatic heterocycles. The zero-order chi connectivity index (χ0) is 12.1. The number of carbonyl (C=O) groups is 2. The number of primary amides is 1. The quantitative estimate of drug-likeness (QED) is 0.766. The van der Waals surface area contributed by atoms with Crippen LogP contribution in [0.5, 0.6) is 5.75 Å². The van der Waals surface area contributed by atoms with Gasteiger partial charge in [0.25, 0.3) is 0 Å². The van der Waals surface area contributed by atoms with Gasteiger partial charge < -0.3 is 20.5 Å². The molecule has 0 atom stereocenters. The summed E-state index contributed by atoms with van der Waals surface area (Å²) in [6, 6.07) is 3.75. The number of nitrogens with one attached hydrogen (secondary N) is 1. The third-order valence-corrected chi connectivity index (χ3v) is 1.88. The molecule has 90 valence electrons. The van der Waals surface area contributed by atoms with Gasteiger partial charge in [0, 0.05) is 2.85 Å². The van der Waals surface area contributed by atoms with Crippen LogP contribution in [0.3, 0.4) is 0 Å². The van der Waals surface area contributed by atoms with Crippen LogP contribution in [0.15, 0.2) is 18.2 Å². The minimum Gasteiger partial charge on any atom is -0.495 e. The summed E-state index contributed by atoms with van der Waals surface area (Å²) in [5.74, 6) is -0.0957. The molecule has 1 aromatic carbocycles. The third kappa shape index (κ3) is 2.63. The van der Waals surface area contributed by atoms with E-state index in [-0.39, 0.29) is 2.85 Å². The third-order valence-electron chi connectivity index (χ3n) is 1.88. The largest absolute Gasteiger partial charge is 0.495 e. The van der Waals surface area contributed by atoms with E-state index in [1.807, 2.05) is 0 Å². The molecule has 1 rings (SSSR count). The summed E-state index contributed by atoms with van der Waals surface area (Å²) in [5, 5.41) is 2.35. The molecule has 0 aliphatic rings. The molecule has 0 fully saturated rings. The zero-order valence-electron chi connectivity index (χ0n) is 8.94. The topological polar surface area (TPSA) is 90.7 Å². The van der Waals surface area contributed by atoms with Crippen molar-refractivity contribution in [3.8, 4) is 5.75 Å². The smallest absolute Gasteiger partial charge is 0.337 e. The van der Waals surface area contributed by atoms with Gasteiger partial charge in [-0.2, -0.15) is 0 Å². The highest BCUT2D eigenvalue weighted by atomic mass is 16.5. The van der Waals surface area contributed by atoms with Crippen molar-refractivity contribution >= 4 is 17.7 Å². The summed E-state index contributed by atoms with van der Waals surface area (Å²) in [6.45, 7) is 0. The first-order chi connectivity index (χ1) is 7.58. The molecule has 0 saturated carbocycles. The summed E-state index contributed by atoms with van der Waals surface area (Å²) >= 11 is 0. The normalized spacial score (nSPS) is 9.38. The maximum atomic E-state index is 11.2. The second-order valence-corrected chi connectivity index (χ2v) is 2.90. The van der Waals surface area contributed by atoms with Crippen molar-refractivity contribution in [1.82, 2.24) is 0 Å². The maximum Gasteiger partial charge on any atom is 0.337 e. The number of carbonyl (C=O) groups excluding carboxylic acids is 2. The number of hydrogen-bond acceptors (Lipinski definition) is 4. The fraction of sp³-hybridized carbons (Fsp3) is 0.200. The molecule has 2 amide bonds. The summed E-state index contributed by atoms with van der Waals surface area (Å²) in [7, 11) is 2.72. The Balaban J connectivity index is 0. The van der Waals surface area contributed by atoms with Crippen LogP contribution in [-0.2, 0) is 4.74 Å². The van der Waals surface area contributed by atoms with Crippen LogP contribution in [0.2, 0.25) is 0 Å². The van der Waals surface area contributed by atoms with Gasteiger partial charge in [-0.15, -0.1) is 0 Å². The zero-order valence-corrected chi connectivity index (χ0v) is 8.94. The molecule has 6 heteroatoms. The molecule has 0 saturated heterocycles. The second kappa shape index (κ2) is 5.01. The molecule has 0 spiro atoms. The molecule has 1 aromatic rings. The summed E-state index contributed by atoms with van der Waals surface area (Å²) in [4.78, 5) is 22.0.